The summed E-state index contributed by atoms with van der Waals surface area (Å²) in [6.45, 7) is 0.906. The molecule has 1 amide bonds. The number of anilines is 1. The van der Waals surface area contributed by atoms with Gasteiger partial charge in [-0.15, -0.1) is 0 Å². The number of amides is 1. The molecule has 0 unspecified atom stereocenters. The summed E-state index contributed by atoms with van der Waals surface area (Å²) < 4.78 is 41.5. The van der Waals surface area contributed by atoms with Crippen molar-refractivity contribution in [1.29, 1.82) is 0 Å². The van der Waals surface area contributed by atoms with Gasteiger partial charge in [-0.05, 0) is 42.7 Å². The number of nitrogens with one attached hydrogen (secondary N) is 1. The summed E-state index contributed by atoms with van der Waals surface area (Å²) in [7, 11) is -2.37. The fraction of sp³-hybridized carbons (Fsp3) is 0.350. The Balaban J connectivity index is 1.64. The summed E-state index contributed by atoms with van der Waals surface area (Å²) in [5.74, 6) is -0.968. The zero-order valence-electron chi connectivity index (χ0n) is 15.7. The van der Waals surface area contributed by atoms with Crippen molar-refractivity contribution in [3.8, 4) is 0 Å². The molecule has 0 bridgehead atoms. The Labute approximate surface area is 165 Å². The maximum Gasteiger partial charge on any atom is 0.303 e. The summed E-state index contributed by atoms with van der Waals surface area (Å²) in [4.78, 5) is 12.5. The lowest BCUT2D eigenvalue weighted by Gasteiger charge is -2.34. The topological polar surface area (TPSA) is 69.7 Å². The van der Waals surface area contributed by atoms with E-state index in [9.17, 15) is 17.6 Å². The van der Waals surface area contributed by atoms with E-state index in [1.807, 2.05) is 30.3 Å². The zero-order valence-corrected chi connectivity index (χ0v) is 16.5. The molecule has 3 rings (SSSR count). The number of piperidine rings is 1. The molecule has 28 heavy (non-hydrogen) atoms. The molecule has 1 fully saturated rings. The van der Waals surface area contributed by atoms with Gasteiger partial charge in [0.25, 0.3) is 0 Å². The van der Waals surface area contributed by atoms with Gasteiger partial charge < -0.3 is 5.32 Å². The maximum absolute atomic E-state index is 13.1. The third kappa shape index (κ3) is 4.69. The predicted molar refractivity (Wildman–Crippen MR) is 106 cm³/mol. The molecule has 8 heteroatoms. The van der Waals surface area contributed by atoms with Crippen molar-refractivity contribution < 1.29 is 17.6 Å². The Morgan fingerprint density at radius 2 is 1.86 bits per heavy atom. The van der Waals surface area contributed by atoms with Crippen molar-refractivity contribution >= 4 is 21.8 Å². The van der Waals surface area contributed by atoms with Crippen molar-refractivity contribution in [1.82, 2.24) is 9.62 Å². The summed E-state index contributed by atoms with van der Waals surface area (Å²) >= 11 is 0. The minimum Gasteiger partial charge on any atom is -0.352 e. The van der Waals surface area contributed by atoms with E-state index in [2.05, 4.69) is 5.32 Å². The number of nitrogens with zero attached hydrogens (tertiary/aromatic N) is 2. The van der Waals surface area contributed by atoms with E-state index in [1.54, 1.807) is 0 Å². The average Bonchev–Trinajstić information content (AvgIpc) is 2.73. The highest BCUT2D eigenvalue weighted by atomic mass is 32.2. The van der Waals surface area contributed by atoms with Crippen molar-refractivity contribution in [2.24, 2.45) is 5.92 Å². The lowest BCUT2D eigenvalue weighted by atomic mass is 9.99. The largest absolute Gasteiger partial charge is 0.352 e. The van der Waals surface area contributed by atoms with Gasteiger partial charge in [0.2, 0.25) is 5.91 Å². The summed E-state index contributed by atoms with van der Waals surface area (Å²) in [5, 5.41) is 2.89. The highest BCUT2D eigenvalue weighted by Gasteiger charge is 2.34. The number of hydrogen-bond acceptors (Lipinski definition) is 3. The van der Waals surface area contributed by atoms with Crippen LogP contribution in [0, 0.1) is 11.7 Å². The SMILES string of the molecule is CN(c1ccc(F)cc1)S(=O)(=O)N1CCC[C@@H](C(=O)NCc2ccccc2)C1. The van der Waals surface area contributed by atoms with Gasteiger partial charge in [-0.3, -0.25) is 9.10 Å². The minimum atomic E-state index is -3.80. The molecule has 2 aromatic carbocycles. The Hall–Kier alpha value is -2.45. The van der Waals surface area contributed by atoms with E-state index in [4.69, 9.17) is 0 Å². The molecular weight excluding hydrogens is 381 g/mol. The molecule has 6 nitrogen and oxygen atoms in total. The molecule has 1 saturated heterocycles. The Morgan fingerprint density at radius 3 is 2.54 bits per heavy atom. The quantitative estimate of drug-likeness (QED) is 0.803. The van der Waals surface area contributed by atoms with E-state index >= 15 is 0 Å². The molecule has 0 aromatic heterocycles. The predicted octanol–water partition coefficient (Wildman–Crippen LogP) is 2.54. The minimum absolute atomic E-state index is 0.133. The van der Waals surface area contributed by atoms with Gasteiger partial charge in [0.05, 0.1) is 11.6 Å². The van der Waals surface area contributed by atoms with Gasteiger partial charge in [-0.1, -0.05) is 30.3 Å². The first kappa shape index (κ1) is 20.3. The smallest absolute Gasteiger partial charge is 0.303 e. The summed E-state index contributed by atoms with van der Waals surface area (Å²) in [6, 6.07) is 14.8. The number of benzene rings is 2. The number of carbonyl (C=O) groups is 1. The second-order valence-electron chi connectivity index (χ2n) is 6.85. The van der Waals surface area contributed by atoms with Crippen molar-refractivity contribution in [2.75, 3.05) is 24.4 Å². The van der Waals surface area contributed by atoms with Crippen molar-refractivity contribution in [3.63, 3.8) is 0 Å². The van der Waals surface area contributed by atoms with Crippen LogP contribution < -0.4 is 9.62 Å². The van der Waals surface area contributed by atoms with Crippen LogP contribution in [0.4, 0.5) is 10.1 Å². The molecule has 2 aromatic rings. The average molecular weight is 405 g/mol. The van der Waals surface area contributed by atoms with Gasteiger partial charge in [-0.2, -0.15) is 12.7 Å². The molecular formula is C20H24FN3O3S. The first-order valence-corrected chi connectivity index (χ1v) is 10.6. The number of halogens is 1. The van der Waals surface area contributed by atoms with Crippen LogP contribution in [0.5, 0.6) is 0 Å². The van der Waals surface area contributed by atoms with Crippen LogP contribution in [0.1, 0.15) is 18.4 Å². The van der Waals surface area contributed by atoms with Crippen LogP contribution in [0.2, 0.25) is 0 Å². The summed E-state index contributed by atoms with van der Waals surface area (Å²) in [6.07, 6.45) is 1.26. The molecule has 0 radical (unpaired) electrons. The van der Waals surface area contributed by atoms with Gasteiger partial charge in [-0.25, -0.2) is 4.39 Å². The molecule has 1 N–H and O–H groups in total. The Bertz CT molecular complexity index is 904. The van der Waals surface area contributed by atoms with Crippen molar-refractivity contribution in [3.05, 3.63) is 66.0 Å². The molecule has 1 atom stereocenters. The van der Waals surface area contributed by atoms with Crippen molar-refractivity contribution in [2.45, 2.75) is 19.4 Å². The first-order chi connectivity index (χ1) is 13.4. The lowest BCUT2D eigenvalue weighted by Crippen LogP contribution is -2.49. The highest BCUT2D eigenvalue weighted by molar-refractivity contribution is 7.90. The third-order valence-electron chi connectivity index (χ3n) is 4.93. The highest BCUT2D eigenvalue weighted by Crippen LogP contribution is 2.24. The first-order valence-electron chi connectivity index (χ1n) is 9.19. The lowest BCUT2D eigenvalue weighted by molar-refractivity contribution is -0.126. The van der Waals surface area contributed by atoms with E-state index in [1.165, 1.54) is 35.6 Å². The maximum atomic E-state index is 13.1. The molecule has 0 aliphatic carbocycles. The fourth-order valence-corrected chi connectivity index (χ4v) is 4.72. The normalized spacial score (nSPS) is 17.9. The van der Waals surface area contributed by atoms with E-state index in [0.717, 1.165) is 9.87 Å². The molecule has 1 heterocycles. The second-order valence-corrected chi connectivity index (χ2v) is 8.81. The number of rotatable bonds is 6. The standard InChI is InChI=1S/C20H24FN3O3S/c1-23(19-11-9-18(21)10-12-19)28(26,27)24-13-5-8-17(15-24)20(25)22-14-16-6-3-2-4-7-16/h2-4,6-7,9-12,17H,5,8,13-15H2,1H3,(H,22,25)/t17-/m1/s1. The van der Waals surface area contributed by atoms with Gasteiger partial charge in [0.15, 0.2) is 0 Å². The van der Waals surface area contributed by atoms with Crippen LogP contribution in [0.25, 0.3) is 0 Å². The molecule has 0 saturated carbocycles. The monoisotopic (exact) mass is 405 g/mol. The van der Waals surface area contributed by atoms with E-state index < -0.39 is 21.9 Å². The summed E-state index contributed by atoms with van der Waals surface area (Å²) in [5.41, 5.74) is 1.37. The van der Waals surface area contributed by atoms with Gasteiger partial charge in [0, 0.05) is 26.7 Å². The molecule has 1 aliphatic heterocycles. The van der Waals surface area contributed by atoms with E-state index in [-0.39, 0.29) is 12.5 Å². The molecule has 150 valence electrons. The van der Waals surface area contributed by atoms with Crippen LogP contribution in [0.3, 0.4) is 0 Å². The van der Waals surface area contributed by atoms with Crippen LogP contribution in [-0.4, -0.2) is 38.8 Å². The second kappa shape index (κ2) is 8.70. The Kier molecular flexibility index (Phi) is 6.31. The van der Waals surface area contributed by atoms with Gasteiger partial charge >= 0.3 is 10.2 Å². The Morgan fingerprint density at radius 1 is 1.18 bits per heavy atom. The molecule has 1 aliphatic rings. The third-order valence-corrected chi connectivity index (χ3v) is 6.81. The van der Waals surface area contributed by atoms with Crippen LogP contribution in [0.15, 0.2) is 54.6 Å². The molecule has 0 spiro atoms. The number of hydrogen-bond donors (Lipinski definition) is 1. The fourth-order valence-electron chi connectivity index (χ4n) is 3.25. The van der Waals surface area contributed by atoms with Gasteiger partial charge in [0.1, 0.15) is 5.82 Å². The van der Waals surface area contributed by atoms with E-state index in [0.29, 0.717) is 31.6 Å². The van der Waals surface area contributed by atoms with Crippen LogP contribution in [-0.2, 0) is 21.5 Å². The van der Waals surface area contributed by atoms with Crippen LogP contribution >= 0.6 is 0 Å². The zero-order chi connectivity index (χ0) is 20.1. The number of carbonyl (C=O) groups excluding carboxylic acids is 1.